The molecule has 0 atom stereocenters. The predicted octanol–water partition coefficient (Wildman–Crippen LogP) is 5.09. The summed E-state index contributed by atoms with van der Waals surface area (Å²) in [4.78, 5) is 30.7. The van der Waals surface area contributed by atoms with Crippen LogP contribution < -0.4 is 4.74 Å². The van der Waals surface area contributed by atoms with Crippen molar-refractivity contribution in [3.8, 4) is 5.75 Å². The Morgan fingerprint density at radius 2 is 1.20 bits per heavy atom. The summed E-state index contributed by atoms with van der Waals surface area (Å²) in [7, 11) is 1.60. The maximum absolute atomic E-state index is 11.9. The maximum atomic E-state index is 11.9. The predicted molar refractivity (Wildman–Crippen MR) is 133 cm³/mol. The zero-order valence-corrected chi connectivity index (χ0v) is 19.0. The number of rotatable bonds is 8. The van der Waals surface area contributed by atoms with Crippen LogP contribution >= 0.6 is 0 Å². The molecule has 0 aliphatic rings. The molecule has 0 saturated heterocycles. The lowest BCUT2D eigenvalue weighted by Gasteiger charge is -2.20. The van der Waals surface area contributed by atoms with Gasteiger partial charge in [0.2, 0.25) is 0 Å². The fourth-order valence-corrected chi connectivity index (χ4v) is 4.89. The second-order valence-electron chi connectivity index (χ2n) is 8.47. The topological polar surface area (TPSA) is 115 Å². The summed E-state index contributed by atoms with van der Waals surface area (Å²) in [5, 5.41) is 21.1. The van der Waals surface area contributed by atoms with Crippen LogP contribution in [0.2, 0.25) is 0 Å². The highest BCUT2D eigenvalue weighted by molar-refractivity contribution is 5.91. The van der Waals surface area contributed by atoms with E-state index in [-0.39, 0.29) is 12.8 Å². The number of aliphatic carboxylic acids is 2. The van der Waals surface area contributed by atoms with Crippen LogP contribution in [0.3, 0.4) is 0 Å². The summed E-state index contributed by atoms with van der Waals surface area (Å²) >= 11 is 0. The van der Waals surface area contributed by atoms with E-state index in [1.54, 1.807) is 7.11 Å². The van der Waals surface area contributed by atoms with Gasteiger partial charge < -0.3 is 24.9 Å². The molecule has 2 heterocycles. The lowest BCUT2D eigenvalue weighted by molar-refractivity contribution is -0.137. The van der Waals surface area contributed by atoms with E-state index >= 15 is 0 Å². The third-order valence-corrected chi connectivity index (χ3v) is 6.38. The molecule has 0 aliphatic carbocycles. The second-order valence-corrected chi connectivity index (χ2v) is 8.47. The number of carboxylic acids is 2. The molecule has 7 heteroatoms. The average Bonchev–Trinajstić information content (AvgIpc) is 3.38. The third kappa shape index (κ3) is 4.12. The minimum Gasteiger partial charge on any atom is -0.497 e. The molecule has 0 radical (unpaired) electrons. The van der Waals surface area contributed by atoms with Crippen molar-refractivity contribution in [3.05, 3.63) is 101 Å². The summed E-state index contributed by atoms with van der Waals surface area (Å²) in [6.07, 6.45) is -0.332. The second kappa shape index (κ2) is 9.02. The number of ether oxygens (including phenoxy) is 1. The summed E-state index contributed by atoms with van der Waals surface area (Å²) in [6, 6.07) is 22.7. The first-order valence-electron chi connectivity index (χ1n) is 11.2. The van der Waals surface area contributed by atoms with Gasteiger partial charge in [-0.25, -0.2) is 0 Å². The Hall–Kier alpha value is -4.52. The number of carboxylic acid groups (broad SMARTS) is 2. The van der Waals surface area contributed by atoms with Gasteiger partial charge in [0.1, 0.15) is 5.75 Å². The van der Waals surface area contributed by atoms with E-state index in [4.69, 9.17) is 4.74 Å². The molecule has 3 aromatic carbocycles. The Labute approximate surface area is 201 Å². The molecule has 4 N–H and O–H groups in total. The number of para-hydroxylation sites is 2. The Bertz CT molecular complexity index is 1450. The molecule has 0 spiro atoms. The van der Waals surface area contributed by atoms with Crippen molar-refractivity contribution >= 4 is 33.7 Å². The minimum atomic E-state index is -0.938. The summed E-state index contributed by atoms with van der Waals surface area (Å²) in [5.41, 5.74) is 5.32. The van der Waals surface area contributed by atoms with Crippen molar-refractivity contribution in [2.24, 2.45) is 0 Å². The lowest BCUT2D eigenvalue weighted by atomic mass is 9.86. The van der Waals surface area contributed by atoms with Gasteiger partial charge >= 0.3 is 11.9 Å². The van der Waals surface area contributed by atoms with Crippen molar-refractivity contribution in [1.82, 2.24) is 9.97 Å². The molecular formula is C28H24N2O5. The molecule has 0 saturated carbocycles. The highest BCUT2D eigenvalue weighted by Gasteiger charge is 2.29. The standard InChI is InChI=1S/C28H24N2O5/c1-35-17-12-10-16(11-13-17)26(27-20(14-24(31)32)18-6-2-4-8-22(18)29-27)28-21(15-25(33)34)19-7-3-5-9-23(19)30-28/h2-13,26,29-30H,14-15H2,1H3,(H,31,32)(H,33,34). The van der Waals surface area contributed by atoms with Crippen LogP contribution in [0.25, 0.3) is 21.8 Å². The van der Waals surface area contributed by atoms with Crippen LogP contribution in [0.15, 0.2) is 72.8 Å². The van der Waals surface area contributed by atoms with E-state index in [9.17, 15) is 19.8 Å². The van der Waals surface area contributed by atoms with Crippen molar-refractivity contribution in [3.63, 3.8) is 0 Å². The van der Waals surface area contributed by atoms with Gasteiger partial charge in [0.25, 0.3) is 0 Å². The zero-order valence-electron chi connectivity index (χ0n) is 19.0. The van der Waals surface area contributed by atoms with E-state index in [2.05, 4.69) is 9.97 Å². The molecule has 35 heavy (non-hydrogen) atoms. The van der Waals surface area contributed by atoms with E-state index in [0.717, 1.165) is 38.8 Å². The van der Waals surface area contributed by atoms with Gasteiger partial charge in [0.05, 0.1) is 25.9 Å². The van der Waals surface area contributed by atoms with Gasteiger partial charge in [-0.1, -0.05) is 48.5 Å². The molecule has 5 rings (SSSR count). The molecule has 176 valence electrons. The number of hydrogen-bond donors (Lipinski definition) is 4. The molecule has 0 amide bonds. The molecule has 0 unspecified atom stereocenters. The lowest BCUT2D eigenvalue weighted by Crippen LogP contribution is -2.13. The normalized spacial score (nSPS) is 11.4. The van der Waals surface area contributed by atoms with Crippen molar-refractivity contribution in [2.45, 2.75) is 18.8 Å². The van der Waals surface area contributed by atoms with Gasteiger partial charge in [-0.2, -0.15) is 0 Å². The van der Waals surface area contributed by atoms with Crippen LogP contribution in [0.1, 0.15) is 34.0 Å². The number of H-pyrrole nitrogens is 2. The van der Waals surface area contributed by atoms with Crippen LogP contribution in [-0.4, -0.2) is 39.2 Å². The fraction of sp³-hybridized carbons (Fsp3) is 0.143. The highest BCUT2D eigenvalue weighted by atomic mass is 16.5. The fourth-order valence-electron chi connectivity index (χ4n) is 4.89. The summed E-state index contributed by atoms with van der Waals surface area (Å²) in [6.45, 7) is 0. The van der Waals surface area contributed by atoms with Crippen LogP contribution in [0, 0.1) is 0 Å². The number of aromatic nitrogens is 2. The average molecular weight is 469 g/mol. The van der Waals surface area contributed by atoms with E-state index in [1.807, 2.05) is 72.8 Å². The quantitative estimate of drug-likeness (QED) is 0.253. The van der Waals surface area contributed by atoms with Gasteiger partial charge in [0, 0.05) is 33.2 Å². The van der Waals surface area contributed by atoms with Crippen molar-refractivity contribution < 1.29 is 24.5 Å². The summed E-state index contributed by atoms with van der Waals surface area (Å²) in [5.74, 6) is -1.64. The van der Waals surface area contributed by atoms with Gasteiger partial charge in [-0.15, -0.1) is 0 Å². The van der Waals surface area contributed by atoms with E-state index < -0.39 is 17.9 Å². The van der Waals surface area contributed by atoms with Crippen LogP contribution in [0.4, 0.5) is 0 Å². The van der Waals surface area contributed by atoms with Gasteiger partial charge in [-0.3, -0.25) is 9.59 Å². The number of hydrogen-bond acceptors (Lipinski definition) is 3. The number of fused-ring (bicyclic) bond motifs is 2. The van der Waals surface area contributed by atoms with Crippen molar-refractivity contribution in [1.29, 1.82) is 0 Å². The molecule has 0 bridgehead atoms. The molecule has 0 aliphatic heterocycles. The smallest absolute Gasteiger partial charge is 0.307 e. The number of carbonyl (C=O) groups is 2. The minimum absolute atomic E-state index is 0.166. The van der Waals surface area contributed by atoms with Crippen LogP contribution in [0.5, 0.6) is 5.75 Å². The van der Waals surface area contributed by atoms with Gasteiger partial charge in [-0.05, 0) is 41.0 Å². The molecule has 2 aromatic heterocycles. The van der Waals surface area contributed by atoms with Crippen molar-refractivity contribution in [2.75, 3.05) is 7.11 Å². The number of nitrogens with one attached hydrogen (secondary N) is 2. The first kappa shape index (κ1) is 22.3. The highest BCUT2D eigenvalue weighted by Crippen LogP contribution is 2.40. The Kier molecular flexibility index (Phi) is 5.74. The maximum Gasteiger partial charge on any atom is 0.307 e. The Balaban J connectivity index is 1.83. The molecule has 0 fully saturated rings. The van der Waals surface area contributed by atoms with E-state index in [0.29, 0.717) is 16.9 Å². The Morgan fingerprint density at radius 3 is 1.63 bits per heavy atom. The van der Waals surface area contributed by atoms with Crippen LogP contribution in [-0.2, 0) is 22.4 Å². The molecule has 5 aromatic rings. The SMILES string of the molecule is COc1ccc(C(c2[nH]c3ccccc3c2CC(=O)O)c2[nH]c3ccccc3c2CC(=O)O)cc1. The largest absolute Gasteiger partial charge is 0.497 e. The molecular weight excluding hydrogens is 444 g/mol. The molecule has 7 nitrogen and oxygen atoms in total. The zero-order chi connectivity index (χ0) is 24.5. The summed E-state index contributed by atoms with van der Waals surface area (Å²) < 4.78 is 5.34. The number of methoxy groups -OCH3 is 1. The third-order valence-electron chi connectivity index (χ3n) is 6.38. The Morgan fingerprint density at radius 1 is 0.743 bits per heavy atom. The monoisotopic (exact) mass is 468 g/mol. The first-order chi connectivity index (χ1) is 17.0. The van der Waals surface area contributed by atoms with Gasteiger partial charge in [0.15, 0.2) is 0 Å². The van der Waals surface area contributed by atoms with E-state index in [1.165, 1.54) is 0 Å². The first-order valence-corrected chi connectivity index (χ1v) is 11.2. The number of aromatic amines is 2. The number of benzene rings is 3.